The van der Waals surface area contributed by atoms with E-state index in [0.29, 0.717) is 0 Å². The van der Waals surface area contributed by atoms with Gasteiger partial charge in [-0.05, 0) is 68.7 Å². The summed E-state index contributed by atoms with van der Waals surface area (Å²) in [4.78, 5) is 2.31. The van der Waals surface area contributed by atoms with E-state index in [1.165, 1.54) is 33.8 Å². The summed E-state index contributed by atoms with van der Waals surface area (Å²) in [7, 11) is 0. The minimum atomic E-state index is 1.03. The number of benzene rings is 3. The number of rotatable bonds is 7. The predicted octanol–water partition coefficient (Wildman–Crippen LogP) is 7.45. The van der Waals surface area contributed by atoms with Crippen molar-refractivity contribution in [2.24, 2.45) is 0 Å². The Morgan fingerprint density at radius 3 is 1.59 bits per heavy atom. The van der Waals surface area contributed by atoms with Crippen LogP contribution in [-0.4, -0.2) is 0 Å². The zero-order chi connectivity index (χ0) is 19.1. The molecule has 1 nitrogen and oxygen atoms in total. The van der Waals surface area contributed by atoms with Gasteiger partial charge < -0.3 is 4.90 Å². The second-order valence-electron chi connectivity index (χ2n) is 6.88. The smallest absolute Gasteiger partial charge is 0.0461 e. The number of hydrogen-bond donors (Lipinski definition) is 0. The maximum atomic E-state index is 3.71. The van der Waals surface area contributed by atoms with E-state index in [1.807, 2.05) is 12.2 Å². The minimum Gasteiger partial charge on any atom is -0.311 e. The molecule has 0 atom stereocenters. The van der Waals surface area contributed by atoms with Gasteiger partial charge in [-0.25, -0.2) is 0 Å². The Kier molecular flexibility index (Phi) is 6.27. The van der Waals surface area contributed by atoms with Crippen molar-refractivity contribution in [3.8, 4) is 0 Å². The highest BCUT2D eigenvalue weighted by molar-refractivity contribution is 5.76. The standard InChI is InChI=1S/C26H27N/c1-4-5-6-7-8-23-13-19-26(20-14-23)27(24-15-9-21(2)10-16-24)25-17-11-22(3)12-18-25/h4-6,9-20H,1,7-8H2,2-3H3/b6-5+. The van der Waals surface area contributed by atoms with Crippen molar-refractivity contribution < 1.29 is 0 Å². The third-order valence-electron chi connectivity index (χ3n) is 4.65. The second-order valence-corrected chi connectivity index (χ2v) is 6.88. The monoisotopic (exact) mass is 353 g/mol. The molecule has 0 amide bonds. The Balaban J connectivity index is 1.90. The lowest BCUT2D eigenvalue weighted by atomic mass is 10.1. The van der Waals surface area contributed by atoms with Crippen LogP contribution in [0.5, 0.6) is 0 Å². The highest BCUT2D eigenvalue weighted by atomic mass is 15.1. The van der Waals surface area contributed by atoms with Crippen molar-refractivity contribution >= 4 is 17.1 Å². The molecule has 0 bridgehead atoms. The van der Waals surface area contributed by atoms with E-state index in [9.17, 15) is 0 Å². The lowest BCUT2D eigenvalue weighted by molar-refractivity contribution is 1.00. The van der Waals surface area contributed by atoms with Gasteiger partial charge in [0, 0.05) is 17.1 Å². The minimum absolute atomic E-state index is 1.03. The molecule has 0 aliphatic carbocycles. The van der Waals surface area contributed by atoms with Crippen LogP contribution in [0.2, 0.25) is 0 Å². The van der Waals surface area contributed by atoms with Gasteiger partial charge in [-0.1, -0.05) is 72.3 Å². The van der Waals surface area contributed by atoms with Crippen LogP contribution < -0.4 is 4.90 Å². The van der Waals surface area contributed by atoms with Crippen LogP contribution in [0.4, 0.5) is 17.1 Å². The topological polar surface area (TPSA) is 3.24 Å². The molecular weight excluding hydrogens is 326 g/mol. The molecule has 0 N–H and O–H groups in total. The van der Waals surface area contributed by atoms with Gasteiger partial charge >= 0.3 is 0 Å². The fraction of sp³-hybridized carbons (Fsp3) is 0.154. The molecule has 0 radical (unpaired) electrons. The molecule has 0 fully saturated rings. The van der Waals surface area contributed by atoms with Crippen LogP contribution >= 0.6 is 0 Å². The first-order valence-electron chi connectivity index (χ1n) is 9.47. The lowest BCUT2D eigenvalue weighted by Gasteiger charge is -2.26. The summed E-state index contributed by atoms with van der Waals surface area (Å²) >= 11 is 0. The summed E-state index contributed by atoms with van der Waals surface area (Å²) in [5.41, 5.74) is 7.40. The van der Waals surface area contributed by atoms with Gasteiger partial charge in [0.05, 0.1) is 0 Å². The van der Waals surface area contributed by atoms with Gasteiger partial charge in [-0.2, -0.15) is 0 Å². The Morgan fingerprint density at radius 1 is 0.704 bits per heavy atom. The van der Waals surface area contributed by atoms with Crippen molar-refractivity contribution in [3.05, 3.63) is 114 Å². The summed E-state index contributed by atoms with van der Waals surface area (Å²) in [5.74, 6) is 0. The van der Waals surface area contributed by atoms with Crippen LogP contribution in [-0.2, 0) is 6.42 Å². The van der Waals surface area contributed by atoms with Gasteiger partial charge in [0.15, 0.2) is 0 Å². The van der Waals surface area contributed by atoms with Gasteiger partial charge in [0.25, 0.3) is 0 Å². The molecular formula is C26H27N. The summed E-state index contributed by atoms with van der Waals surface area (Å²) in [5, 5.41) is 0. The van der Waals surface area contributed by atoms with Crippen molar-refractivity contribution in [1.29, 1.82) is 0 Å². The molecule has 3 aromatic carbocycles. The normalized spacial score (nSPS) is 10.9. The molecule has 0 saturated heterocycles. The van der Waals surface area contributed by atoms with Crippen LogP contribution in [0.15, 0.2) is 97.6 Å². The fourth-order valence-electron chi connectivity index (χ4n) is 3.09. The number of aryl methyl sites for hydroxylation is 3. The quantitative estimate of drug-likeness (QED) is 0.399. The van der Waals surface area contributed by atoms with Crippen LogP contribution in [0.25, 0.3) is 0 Å². The van der Waals surface area contributed by atoms with E-state index in [0.717, 1.165) is 12.8 Å². The Morgan fingerprint density at radius 2 is 1.15 bits per heavy atom. The second kappa shape index (κ2) is 9.05. The van der Waals surface area contributed by atoms with E-state index >= 15 is 0 Å². The molecule has 0 heterocycles. The highest BCUT2D eigenvalue weighted by Gasteiger charge is 2.12. The van der Waals surface area contributed by atoms with E-state index in [2.05, 4.69) is 104 Å². The van der Waals surface area contributed by atoms with Crippen LogP contribution in [0, 0.1) is 13.8 Å². The highest BCUT2D eigenvalue weighted by Crippen LogP contribution is 2.34. The Bertz CT molecular complexity index is 839. The number of nitrogens with zero attached hydrogens (tertiary/aromatic N) is 1. The average Bonchev–Trinajstić information content (AvgIpc) is 2.69. The third-order valence-corrected chi connectivity index (χ3v) is 4.65. The number of hydrogen-bond acceptors (Lipinski definition) is 1. The van der Waals surface area contributed by atoms with Gasteiger partial charge in [0.2, 0.25) is 0 Å². The Labute approximate surface area is 163 Å². The molecule has 136 valence electrons. The summed E-state index contributed by atoms with van der Waals surface area (Å²) in [6, 6.07) is 26.3. The first kappa shape index (κ1) is 18.7. The van der Waals surface area contributed by atoms with Gasteiger partial charge in [-0.3, -0.25) is 0 Å². The molecule has 0 aliphatic rings. The van der Waals surface area contributed by atoms with Crippen molar-refractivity contribution in [2.75, 3.05) is 4.90 Å². The zero-order valence-corrected chi connectivity index (χ0v) is 16.2. The van der Waals surface area contributed by atoms with Gasteiger partial charge in [0.1, 0.15) is 0 Å². The fourth-order valence-corrected chi connectivity index (χ4v) is 3.09. The first-order valence-corrected chi connectivity index (χ1v) is 9.47. The van der Waals surface area contributed by atoms with Crippen molar-refractivity contribution in [1.82, 2.24) is 0 Å². The SMILES string of the molecule is C=C/C=C/CCc1ccc(N(c2ccc(C)cc2)c2ccc(C)cc2)cc1. The lowest BCUT2D eigenvalue weighted by Crippen LogP contribution is -2.10. The van der Waals surface area contributed by atoms with Crippen LogP contribution in [0.1, 0.15) is 23.1 Å². The molecule has 0 aromatic heterocycles. The van der Waals surface area contributed by atoms with Crippen molar-refractivity contribution in [2.45, 2.75) is 26.7 Å². The molecule has 0 aliphatic heterocycles. The van der Waals surface area contributed by atoms with E-state index in [1.54, 1.807) is 0 Å². The van der Waals surface area contributed by atoms with Gasteiger partial charge in [-0.15, -0.1) is 0 Å². The molecule has 27 heavy (non-hydrogen) atoms. The number of anilines is 3. The summed E-state index contributed by atoms with van der Waals surface area (Å²) in [6.07, 6.45) is 8.06. The molecule has 0 unspecified atom stereocenters. The zero-order valence-electron chi connectivity index (χ0n) is 16.2. The average molecular weight is 354 g/mol. The van der Waals surface area contributed by atoms with E-state index in [4.69, 9.17) is 0 Å². The third kappa shape index (κ3) is 4.98. The molecule has 0 spiro atoms. The summed E-state index contributed by atoms with van der Waals surface area (Å²) in [6.45, 7) is 7.95. The Hall–Kier alpha value is -3.06. The van der Waals surface area contributed by atoms with E-state index < -0.39 is 0 Å². The summed E-state index contributed by atoms with van der Waals surface area (Å²) < 4.78 is 0. The largest absolute Gasteiger partial charge is 0.311 e. The molecule has 3 aromatic rings. The van der Waals surface area contributed by atoms with E-state index in [-0.39, 0.29) is 0 Å². The van der Waals surface area contributed by atoms with Crippen LogP contribution in [0.3, 0.4) is 0 Å². The predicted molar refractivity (Wildman–Crippen MR) is 118 cm³/mol. The molecule has 1 heteroatoms. The maximum absolute atomic E-state index is 3.71. The molecule has 3 rings (SSSR count). The van der Waals surface area contributed by atoms with Crippen molar-refractivity contribution in [3.63, 3.8) is 0 Å². The maximum Gasteiger partial charge on any atom is 0.0461 e. The first-order chi connectivity index (χ1) is 13.2. The molecule has 0 saturated carbocycles. The number of allylic oxidation sites excluding steroid dienone is 3.